The van der Waals surface area contributed by atoms with Crippen molar-refractivity contribution >= 4 is 0 Å². The maximum atomic E-state index is 5.78. The van der Waals surface area contributed by atoms with Crippen LogP contribution in [-0.2, 0) is 0 Å². The molecule has 0 aliphatic rings. The molecule has 0 radical (unpaired) electrons. The molecular formula is C17H16N2O2. The summed E-state index contributed by atoms with van der Waals surface area (Å²) in [6, 6.07) is 15.6. The lowest BCUT2D eigenvalue weighted by molar-refractivity contribution is 0.414. The van der Waals surface area contributed by atoms with Crippen molar-refractivity contribution in [1.29, 1.82) is 0 Å². The fourth-order valence-electron chi connectivity index (χ4n) is 2.00. The van der Waals surface area contributed by atoms with Crippen molar-refractivity contribution in [1.82, 2.24) is 9.78 Å². The predicted octanol–water partition coefficient (Wildman–Crippen LogP) is 3.98. The molecule has 4 heteroatoms. The minimum Gasteiger partial charge on any atom is -0.497 e. The van der Waals surface area contributed by atoms with Crippen LogP contribution in [0.1, 0.15) is 5.56 Å². The van der Waals surface area contributed by atoms with E-state index in [1.165, 1.54) is 5.56 Å². The maximum Gasteiger partial charge on any atom is 0.165 e. The van der Waals surface area contributed by atoms with Crippen molar-refractivity contribution in [2.24, 2.45) is 0 Å². The van der Waals surface area contributed by atoms with Crippen molar-refractivity contribution in [3.05, 3.63) is 66.5 Å². The van der Waals surface area contributed by atoms with Gasteiger partial charge in [0.05, 0.1) is 25.2 Å². The van der Waals surface area contributed by atoms with Crippen molar-refractivity contribution < 1.29 is 9.47 Å². The summed E-state index contributed by atoms with van der Waals surface area (Å²) in [6.45, 7) is 2.05. The molecule has 0 N–H and O–H groups in total. The Bertz CT molecular complexity index is 733. The van der Waals surface area contributed by atoms with Gasteiger partial charge < -0.3 is 9.47 Å². The van der Waals surface area contributed by atoms with E-state index in [2.05, 4.69) is 5.10 Å². The number of hydrogen-bond donors (Lipinski definition) is 0. The second kappa shape index (κ2) is 5.71. The van der Waals surface area contributed by atoms with Gasteiger partial charge >= 0.3 is 0 Å². The number of ether oxygens (including phenoxy) is 2. The summed E-state index contributed by atoms with van der Waals surface area (Å²) in [7, 11) is 1.65. The number of methoxy groups -OCH3 is 1. The van der Waals surface area contributed by atoms with Crippen LogP contribution >= 0.6 is 0 Å². The molecule has 2 aromatic carbocycles. The van der Waals surface area contributed by atoms with Crippen LogP contribution in [0.5, 0.6) is 17.2 Å². The largest absolute Gasteiger partial charge is 0.497 e. The third kappa shape index (κ3) is 3.05. The lowest BCUT2D eigenvalue weighted by Crippen LogP contribution is -1.94. The van der Waals surface area contributed by atoms with Gasteiger partial charge in [0.2, 0.25) is 0 Å². The third-order valence-electron chi connectivity index (χ3n) is 3.13. The normalized spacial score (nSPS) is 10.4. The zero-order valence-electron chi connectivity index (χ0n) is 12.0. The van der Waals surface area contributed by atoms with Crippen LogP contribution in [0.3, 0.4) is 0 Å². The summed E-state index contributed by atoms with van der Waals surface area (Å²) in [5.41, 5.74) is 2.13. The van der Waals surface area contributed by atoms with Gasteiger partial charge in [-0.3, -0.25) is 0 Å². The quantitative estimate of drug-likeness (QED) is 0.725. The van der Waals surface area contributed by atoms with Crippen LogP contribution in [0, 0.1) is 6.92 Å². The summed E-state index contributed by atoms with van der Waals surface area (Å²) in [5, 5.41) is 4.31. The van der Waals surface area contributed by atoms with Crippen molar-refractivity contribution in [3.63, 3.8) is 0 Å². The highest BCUT2D eigenvalue weighted by Gasteiger charge is 2.04. The van der Waals surface area contributed by atoms with Crippen LogP contribution in [0.25, 0.3) is 5.69 Å². The van der Waals surface area contributed by atoms with Gasteiger partial charge in [-0.1, -0.05) is 23.8 Å². The molecule has 0 spiro atoms. The van der Waals surface area contributed by atoms with E-state index in [1.54, 1.807) is 18.0 Å². The first kappa shape index (κ1) is 13.2. The van der Waals surface area contributed by atoms with E-state index in [4.69, 9.17) is 9.47 Å². The van der Waals surface area contributed by atoms with E-state index in [1.807, 2.05) is 61.7 Å². The Hall–Kier alpha value is -2.75. The standard InChI is InChI=1S/C17H16N2O2/c1-13-6-8-15(9-7-13)21-17-11-18-19(12-17)14-4-3-5-16(10-14)20-2/h3-12H,1-2H3. The molecule has 21 heavy (non-hydrogen) atoms. The highest BCUT2D eigenvalue weighted by Crippen LogP contribution is 2.23. The third-order valence-corrected chi connectivity index (χ3v) is 3.13. The molecule has 0 saturated heterocycles. The molecule has 0 amide bonds. The van der Waals surface area contributed by atoms with Crippen LogP contribution < -0.4 is 9.47 Å². The Morgan fingerprint density at radius 1 is 0.952 bits per heavy atom. The Morgan fingerprint density at radius 2 is 1.76 bits per heavy atom. The summed E-state index contributed by atoms with van der Waals surface area (Å²) < 4.78 is 12.8. The molecule has 1 heterocycles. The van der Waals surface area contributed by atoms with E-state index < -0.39 is 0 Å². The van der Waals surface area contributed by atoms with Crippen molar-refractivity contribution in [2.75, 3.05) is 7.11 Å². The van der Waals surface area contributed by atoms with Crippen LogP contribution in [-0.4, -0.2) is 16.9 Å². The molecule has 0 bridgehead atoms. The van der Waals surface area contributed by atoms with E-state index >= 15 is 0 Å². The average Bonchev–Trinajstić information content (AvgIpc) is 2.98. The van der Waals surface area contributed by atoms with Gasteiger partial charge in [0, 0.05) is 6.07 Å². The summed E-state index contributed by atoms with van der Waals surface area (Å²) >= 11 is 0. The number of aromatic nitrogens is 2. The molecule has 0 unspecified atom stereocenters. The van der Waals surface area contributed by atoms with Gasteiger partial charge in [-0.25, -0.2) is 4.68 Å². The van der Waals surface area contributed by atoms with E-state index in [0.717, 1.165) is 17.2 Å². The first-order valence-corrected chi connectivity index (χ1v) is 6.68. The Kier molecular flexibility index (Phi) is 3.60. The van der Waals surface area contributed by atoms with Crippen LogP contribution in [0.2, 0.25) is 0 Å². The minimum absolute atomic E-state index is 0.696. The zero-order chi connectivity index (χ0) is 14.7. The lowest BCUT2D eigenvalue weighted by Gasteiger charge is -2.04. The van der Waals surface area contributed by atoms with Crippen LogP contribution in [0.4, 0.5) is 0 Å². The number of hydrogen-bond acceptors (Lipinski definition) is 3. The Labute approximate surface area is 123 Å². The van der Waals surface area contributed by atoms with E-state index in [9.17, 15) is 0 Å². The predicted molar refractivity (Wildman–Crippen MR) is 81.4 cm³/mol. The van der Waals surface area contributed by atoms with Gasteiger partial charge in [0.1, 0.15) is 11.5 Å². The molecule has 3 aromatic rings. The fraction of sp³-hybridized carbons (Fsp3) is 0.118. The lowest BCUT2D eigenvalue weighted by atomic mass is 10.2. The second-order valence-corrected chi connectivity index (χ2v) is 4.74. The van der Waals surface area contributed by atoms with Crippen molar-refractivity contribution in [3.8, 4) is 22.9 Å². The summed E-state index contributed by atoms with van der Waals surface area (Å²) in [4.78, 5) is 0. The highest BCUT2D eigenvalue weighted by molar-refractivity contribution is 5.40. The minimum atomic E-state index is 0.696. The topological polar surface area (TPSA) is 36.3 Å². The summed E-state index contributed by atoms with van der Waals surface area (Å²) in [5.74, 6) is 2.29. The number of benzene rings is 2. The molecule has 3 rings (SSSR count). The second-order valence-electron chi connectivity index (χ2n) is 4.74. The molecule has 106 valence electrons. The average molecular weight is 280 g/mol. The highest BCUT2D eigenvalue weighted by atomic mass is 16.5. The van der Waals surface area contributed by atoms with Gasteiger partial charge in [-0.2, -0.15) is 5.10 Å². The maximum absolute atomic E-state index is 5.78. The van der Waals surface area contributed by atoms with Crippen molar-refractivity contribution in [2.45, 2.75) is 6.92 Å². The zero-order valence-corrected chi connectivity index (χ0v) is 12.0. The van der Waals surface area contributed by atoms with Gasteiger partial charge in [-0.15, -0.1) is 0 Å². The number of rotatable bonds is 4. The molecule has 0 atom stereocenters. The molecule has 4 nitrogen and oxygen atoms in total. The smallest absolute Gasteiger partial charge is 0.165 e. The monoisotopic (exact) mass is 280 g/mol. The Morgan fingerprint density at radius 3 is 2.52 bits per heavy atom. The van der Waals surface area contributed by atoms with Crippen LogP contribution in [0.15, 0.2) is 60.9 Å². The number of nitrogens with zero attached hydrogens (tertiary/aromatic N) is 2. The SMILES string of the molecule is COc1cccc(-n2cc(Oc3ccc(C)cc3)cn2)c1. The fourth-order valence-corrected chi connectivity index (χ4v) is 2.00. The molecule has 0 aliphatic carbocycles. The number of aryl methyl sites for hydroxylation is 1. The molecular weight excluding hydrogens is 264 g/mol. The first-order valence-electron chi connectivity index (χ1n) is 6.68. The summed E-state index contributed by atoms with van der Waals surface area (Å²) in [6.07, 6.45) is 3.54. The van der Waals surface area contributed by atoms with E-state index in [-0.39, 0.29) is 0 Å². The van der Waals surface area contributed by atoms with E-state index in [0.29, 0.717) is 5.75 Å². The molecule has 1 aromatic heterocycles. The molecule has 0 aliphatic heterocycles. The molecule has 0 saturated carbocycles. The van der Waals surface area contributed by atoms with Gasteiger partial charge in [0.25, 0.3) is 0 Å². The first-order chi connectivity index (χ1) is 10.2. The Balaban J connectivity index is 1.81. The van der Waals surface area contributed by atoms with Gasteiger partial charge in [-0.05, 0) is 31.2 Å². The molecule has 0 fully saturated rings. The van der Waals surface area contributed by atoms with Gasteiger partial charge in [0.15, 0.2) is 5.75 Å².